The van der Waals surface area contributed by atoms with E-state index < -0.39 is 10.0 Å². The molecular weight excluding hydrogens is 430 g/mol. The summed E-state index contributed by atoms with van der Waals surface area (Å²) < 4.78 is 34.0. The minimum absolute atomic E-state index is 0.00984. The molecule has 2 aliphatic heterocycles. The van der Waals surface area contributed by atoms with Crippen molar-refractivity contribution in [2.45, 2.75) is 42.2 Å². The third kappa shape index (κ3) is 3.80. The molecule has 5 rings (SSSR count). The first kappa shape index (κ1) is 21.1. The second kappa shape index (κ2) is 8.31. The molecule has 2 aromatic rings. The van der Waals surface area contributed by atoms with Crippen LogP contribution in [0.2, 0.25) is 0 Å². The monoisotopic (exact) mass is 455 g/mol. The Bertz CT molecular complexity index is 1170. The van der Waals surface area contributed by atoms with Gasteiger partial charge in [-0.1, -0.05) is 30.4 Å². The van der Waals surface area contributed by atoms with Crippen LogP contribution in [0.5, 0.6) is 0 Å². The number of anilines is 1. The smallest absolute Gasteiger partial charge is 0.274 e. The van der Waals surface area contributed by atoms with Gasteiger partial charge >= 0.3 is 0 Å². The van der Waals surface area contributed by atoms with Crippen molar-refractivity contribution in [1.82, 2.24) is 4.72 Å². The first-order chi connectivity index (χ1) is 15.4. The Morgan fingerprint density at radius 2 is 2.03 bits per heavy atom. The average Bonchev–Trinajstić information content (AvgIpc) is 3.49. The van der Waals surface area contributed by atoms with Crippen LogP contribution in [0.4, 0.5) is 11.4 Å². The van der Waals surface area contributed by atoms with Crippen LogP contribution < -0.4 is 10.0 Å². The van der Waals surface area contributed by atoms with Crippen molar-refractivity contribution in [2.75, 3.05) is 18.5 Å². The zero-order chi connectivity index (χ0) is 22.3. The maximum atomic E-state index is 12.9. The molecule has 2 aromatic carbocycles. The topological polar surface area (TPSA) is 111 Å². The first-order valence-corrected chi connectivity index (χ1v) is 12.3. The van der Waals surface area contributed by atoms with Gasteiger partial charge in [0, 0.05) is 30.8 Å². The molecule has 1 aliphatic carbocycles. The van der Waals surface area contributed by atoms with Crippen molar-refractivity contribution in [3.8, 4) is 0 Å². The lowest BCUT2D eigenvalue weighted by atomic mass is 9.76. The van der Waals surface area contributed by atoms with E-state index in [1.54, 1.807) is 30.3 Å². The molecule has 9 heteroatoms. The van der Waals surface area contributed by atoms with E-state index in [0.29, 0.717) is 12.2 Å². The van der Waals surface area contributed by atoms with Gasteiger partial charge in [0.05, 0.1) is 27.5 Å². The molecule has 3 aliphatic rings. The molecule has 4 unspecified atom stereocenters. The molecule has 168 valence electrons. The summed E-state index contributed by atoms with van der Waals surface area (Å²) in [5.41, 5.74) is 2.45. The van der Waals surface area contributed by atoms with Crippen LogP contribution in [-0.2, 0) is 14.8 Å². The molecule has 0 amide bonds. The molecule has 2 heterocycles. The number of fused-ring (bicyclic) bond motifs is 3. The summed E-state index contributed by atoms with van der Waals surface area (Å²) in [6.45, 7) is 0.941. The van der Waals surface area contributed by atoms with Crippen LogP contribution in [0, 0.1) is 16.0 Å². The number of sulfonamides is 1. The van der Waals surface area contributed by atoms with Crippen molar-refractivity contribution >= 4 is 21.4 Å². The second-order valence-corrected chi connectivity index (χ2v) is 10.3. The highest BCUT2D eigenvalue weighted by molar-refractivity contribution is 7.89. The third-order valence-corrected chi connectivity index (χ3v) is 8.06. The molecule has 1 saturated heterocycles. The molecular formula is C23H25N3O5S. The fraction of sp³-hybridized carbons (Fsp3) is 0.391. The van der Waals surface area contributed by atoms with E-state index in [-0.39, 0.29) is 46.0 Å². The van der Waals surface area contributed by atoms with Crippen LogP contribution in [0.15, 0.2) is 59.5 Å². The molecule has 0 bridgehead atoms. The standard InChI is InChI=1S/C23H25N3O5S/c27-26(28)22-9-2-1-6-19(22)23-18-8-3-7-17(18)20-13-16(10-11-21(20)25-23)32(29,30)24-14-15-5-4-12-31-15/h1-3,6-7,9-11,13,15,17-18,23-25H,4-5,8,12,14H2. The highest BCUT2D eigenvalue weighted by Crippen LogP contribution is 2.51. The Balaban J connectivity index is 1.45. The van der Waals surface area contributed by atoms with Gasteiger partial charge in [0.25, 0.3) is 5.69 Å². The SMILES string of the molecule is O=[N+]([O-])c1ccccc1C1Nc2ccc(S(=O)(=O)NCC3CCCO3)cc2C2C=CCC21. The molecule has 2 N–H and O–H groups in total. The summed E-state index contributed by atoms with van der Waals surface area (Å²) in [6.07, 6.45) is 6.66. The molecule has 4 atom stereocenters. The van der Waals surface area contributed by atoms with E-state index in [1.807, 2.05) is 6.07 Å². The number of nitro benzene ring substituents is 1. The normalized spacial score (nSPS) is 26.4. The summed E-state index contributed by atoms with van der Waals surface area (Å²) in [5.74, 6) is 0.0609. The largest absolute Gasteiger partial charge is 0.377 e. The number of nitrogens with zero attached hydrogens (tertiary/aromatic N) is 1. The maximum absolute atomic E-state index is 12.9. The number of benzene rings is 2. The van der Waals surface area contributed by atoms with Gasteiger partial charge in [-0.15, -0.1) is 0 Å². The van der Waals surface area contributed by atoms with Crippen LogP contribution in [0.25, 0.3) is 0 Å². The van der Waals surface area contributed by atoms with Gasteiger partial charge in [0.15, 0.2) is 0 Å². The van der Waals surface area contributed by atoms with Crippen LogP contribution in [0.1, 0.15) is 42.3 Å². The lowest BCUT2D eigenvalue weighted by Gasteiger charge is -2.37. The van der Waals surface area contributed by atoms with E-state index in [2.05, 4.69) is 22.2 Å². The molecule has 0 saturated carbocycles. The van der Waals surface area contributed by atoms with Crippen LogP contribution in [-0.4, -0.2) is 32.6 Å². The number of rotatable bonds is 6. The minimum Gasteiger partial charge on any atom is -0.377 e. The summed E-state index contributed by atoms with van der Waals surface area (Å²) in [4.78, 5) is 11.5. The summed E-state index contributed by atoms with van der Waals surface area (Å²) in [7, 11) is -3.66. The van der Waals surface area contributed by atoms with Crippen molar-refractivity contribution in [1.29, 1.82) is 0 Å². The number of allylic oxidation sites excluding steroid dienone is 2. The Kier molecular flexibility index (Phi) is 5.48. The Morgan fingerprint density at radius 1 is 1.19 bits per heavy atom. The predicted octanol–water partition coefficient (Wildman–Crippen LogP) is 3.88. The molecule has 32 heavy (non-hydrogen) atoms. The van der Waals surface area contributed by atoms with E-state index in [0.717, 1.165) is 30.5 Å². The zero-order valence-corrected chi connectivity index (χ0v) is 18.3. The maximum Gasteiger partial charge on any atom is 0.274 e. The Morgan fingerprint density at radius 3 is 2.81 bits per heavy atom. The first-order valence-electron chi connectivity index (χ1n) is 10.9. The lowest BCUT2D eigenvalue weighted by Crippen LogP contribution is -2.32. The van der Waals surface area contributed by atoms with Gasteiger partial charge in [-0.25, -0.2) is 13.1 Å². The van der Waals surface area contributed by atoms with Gasteiger partial charge < -0.3 is 10.1 Å². The molecule has 0 aromatic heterocycles. The van der Waals surface area contributed by atoms with E-state index >= 15 is 0 Å². The average molecular weight is 456 g/mol. The molecule has 0 radical (unpaired) electrons. The Labute approximate surface area is 186 Å². The highest BCUT2D eigenvalue weighted by Gasteiger charge is 2.40. The lowest BCUT2D eigenvalue weighted by molar-refractivity contribution is -0.385. The van der Waals surface area contributed by atoms with Gasteiger partial charge in [-0.2, -0.15) is 0 Å². The number of nitro groups is 1. The second-order valence-electron chi connectivity index (χ2n) is 8.53. The van der Waals surface area contributed by atoms with E-state index in [1.165, 1.54) is 6.07 Å². The summed E-state index contributed by atoms with van der Waals surface area (Å²) in [6, 6.07) is 11.6. The van der Waals surface area contributed by atoms with Gasteiger partial charge in [0.1, 0.15) is 0 Å². The van der Waals surface area contributed by atoms with E-state index in [9.17, 15) is 18.5 Å². The minimum atomic E-state index is -3.66. The van der Waals surface area contributed by atoms with Gasteiger partial charge in [-0.3, -0.25) is 10.1 Å². The summed E-state index contributed by atoms with van der Waals surface area (Å²) in [5, 5.41) is 15.0. The molecule has 8 nitrogen and oxygen atoms in total. The van der Waals surface area contributed by atoms with Crippen molar-refractivity contribution < 1.29 is 18.1 Å². The van der Waals surface area contributed by atoms with Crippen molar-refractivity contribution in [3.63, 3.8) is 0 Å². The number of hydrogen-bond donors (Lipinski definition) is 2. The zero-order valence-electron chi connectivity index (χ0n) is 17.4. The number of nitrogens with one attached hydrogen (secondary N) is 2. The highest BCUT2D eigenvalue weighted by atomic mass is 32.2. The van der Waals surface area contributed by atoms with Gasteiger partial charge in [0.2, 0.25) is 10.0 Å². The number of para-hydroxylation sites is 1. The van der Waals surface area contributed by atoms with Crippen LogP contribution in [0.3, 0.4) is 0 Å². The number of hydrogen-bond acceptors (Lipinski definition) is 6. The van der Waals surface area contributed by atoms with Crippen LogP contribution >= 0.6 is 0 Å². The van der Waals surface area contributed by atoms with E-state index in [4.69, 9.17) is 4.74 Å². The third-order valence-electron chi connectivity index (χ3n) is 6.64. The quantitative estimate of drug-likeness (QED) is 0.389. The number of ether oxygens (including phenoxy) is 1. The molecule has 0 spiro atoms. The predicted molar refractivity (Wildman–Crippen MR) is 120 cm³/mol. The molecule has 1 fully saturated rings. The van der Waals surface area contributed by atoms with Crippen molar-refractivity contribution in [2.24, 2.45) is 5.92 Å². The van der Waals surface area contributed by atoms with Crippen molar-refractivity contribution in [3.05, 3.63) is 75.9 Å². The summed E-state index contributed by atoms with van der Waals surface area (Å²) >= 11 is 0. The Hall–Kier alpha value is -2.75. The fourth-order valence-corrected chi connectivity index (χ4v) is 6.16. The fourth-order valence-electron chi connectivity index (χ4n) is 5.06. The van der Waals surface area contributed by atoms with Gasteiger partial charge in [-0.05, 0) is 48.9 Å².